The highest BCUT2D eigenvalue weighted by molar-refractivity contribution is 5.75. The van der Waals surface area contributed by atoms with E-state index in [4.69, 9.17) is 0 Å². The minimum absolute atomic E-state index is 0.156. The molecule has 8 heteroatoms. The van der Waals surface area contributed by atoms with E-state index in [1.807, 2.05) is 24.8 Å². The molecule has 0 saturated carbocycles. The van der Waals surface area contributed by atoms with Crippen LogP contribution in [0.3, 0.4) is 0 Å². The van der Waals surface area contributed by atoms with E-state index in [0.717, 1.165) is 17.2 Å². The molecule has 8 nitrogen and oxygen atoms in total. The summed E-state index contributed by atoms with van der Waals surface area (Å²) in [6.07, 6.45) is 5.49. The van der Waals surface area contributed by atoms with Crippen molar-refractivity contribution in [1.82, 2.24) is 25.1 Å². The Morgan fingerprint density at radius 2 is 2.25 bits per heavy atom. The van der Waals surface area contributed by atoms with Gasteiger partial charge in [0.25, 0.3) is 0 Å². The molecule has 0 spiro atoms. The van der Waals surface area contributed by atoms with Gasteiger partial charge in [-0.25, -0.2) is 4.98 Å². The predicted octanol–water partition coefficient (Wildman–Crippen LogP) is 0.0475. The van der Waals surface area contributed by atoms with Crippen LogP contribution in [0.2, 0.25) is 0 Å². The first kappa shape index (κ1) is 16.4. The van der Waals surface area contributed by atoms with Crippen LogP contribution in [0.1, 0.15) is 17.8 Å². The van der Waals surface area contributed by atoms with E-state index in [2.05, 4.69) is 20.4 Å². The largest absolute Gasteiger partial charge is 0.386 e. The molecule has 0 radical (unpaired) electrons. The zero-order valence-electron chi connectivity index (χ0n) is 13.9. The quantitative estimate of drug-likeness (QED) is 0.804. The maximum absolute atomic E-state index is 12.1. The van der Waals surface area contributed by atoms with Crippen LogP contribution in [0.4, 0.5) is 5.82 Å². The molecule has 3 heterocycles. The third kappa shape index (κ3) is 3.70. The van der Waals surface area contributed by atoms with Crippen LogP contribution in [0.25, 0.3) is 0 Å². The van der Waals surface area contributed by atoms with Crippen molar-refractivity contribution in [2.45, 2.75) is 32.4 Å². The Morgan fingerprint density at radius 1 is 1.42 bits per heavy atom. The Bertz CT molecular complexity index is 717. The number of carbonyl (C=O) groups excluding carboxylic acids is 1. The molecule has 1 saturated heterocycles. The minimum atomic E-state index is -0.956. The number of carbonyl (C=O) groups is 1. The number of nitrogens with one attached hydrogen (secondary N) is 1. The van der Waals surface area contributed by atoms with Crippen LogP contribution in [-0.4, -0.2) is 56.0 Å². The molecule has 3 rings (SSSR count). The molecule has 24 heavy (non-hydrogen) atoms. The molecule has 0 aliphatic carbocycles. The maximum Gasteiger partial charge on any atom is 0.241 e. The molecule has 1 aliphatic rings. The van der Waals surface area contributed by atoms with Crippen molar-refractivity contribution in [3.05, 3.63) is 36.0 Å². The van der Waals surface area contributed by atoms with Gasteiger partial charge in [-0.1, -0.05) is 0 Å². The van der Waals surface area contributed by atoms with E-state index in [9.17, 15) is 9.90 Å². The number of rotatable bonds is 5. The van der Waals surface area contributed by atoms with Gasteiger partial charge in [0, 0.05) is 37.7 Å². The highest BCUT2D eigenvalue weighted by Crippen LogP contribution is 2.24. The number of aryl methyl sites for hydroxylation is 2. The van der Waals surface area contributed by atoms with Gasteiger partial charge in [-0.15, -0.1) is 0 Å². The van der Waals surface area contributed by atoms with Gasteiger partial charge in [-0.3, -0.25) is 14.5 Å². The van der Waals surface area contributed by atoms with E-state index < -0.39 is 5.60 Å². The van der Waals surface area contributed by atoms with Crippen LogP contribution in [-0.2, 0) is 11.3 Å². The number of aromatic nitrogens is 4. The van der Waals surface area contributed by atoms with Gasteiger partial charge >= 0.3 is 0 Å². The average Bonchev–Trinajstić information content (AvgIpc) is 3.10. The Balaban J connectivity index is 1.53. The van der Waals surface area contributed by atoms with E-state index in [-0.39, 0.29) is 19.0 Å². The Kier molecular flexibility index (Phi) is 4.48. The summed E-state index contributed by atoms with van der Waals surface area (Å²) in [4.78, 5) is 22.4. The Morgan fingerprint density at radius 3 is 2.92 bits per heavy atom. The van der Waals surface area contributed by atoms with E-state index in [1.165, 1.54) is 0 Å². The number of hydrogen-bond acceptors (Lipinski definition) is 6. The molecule has 128 valence electrons. The van der Waals surface area contributed by atoms with Gasteiger partial charge in [0.15, 0.2) is 0 Å². The second-order valence-electron chi connectivity index (χ2n) is 6.32. The molecule has 2 N–H and O–H groups in total. The lowest BCUT2D eigenvalue weighted by molar-refractivity contribution is -0.123. The van der Waals surface area contributed by atoms with Crippen molar-refractivity contribution in [3.63, 3.8) is 0 Å². The van der Waals surface area contributed by atoms with Crippen molar-refractivity contribution in [2.24, 2.45) is 0 Å². The number of nitrogens with zero attached hydrogens (tertiary/aromatic N) is 5. The molecule has 1 aliphatic heterocycles. The normalized spacial score (nSPS) is 20.4. The van der Waals surface area contributed by atoms with Crippen LogP contribution in [0, 0.1) is 13.8 Å². The second kappa shape index (κ2) is 6.56. The number of aliphatic hydroxyl groups is 1. The fraction of sp³-hybridized carbons (Fsp3) is 0.500. The molecule has 0 bridgehead atoms. The number of amides is 1. The predicted molar refractivity (Wildman–Crippen MR) is 88.5 cm³/mol. The monoisotopic (exact) mass is 330 g/mol. The summed E-state index contributed by atoms with van der Waals surface area (Å²) in [5.74, 6) is 0.579. The second-order valence-corrected chi connectivity index (χ2v) is 6.32. The first-order valence-electron chi connectivity index (χ1n) is 7.96. The number of β-amino-alcohol motifs (C(OH)–C–C–N with tert-alkyl or cyclic N) is 1. The summed E-state index contributed by atoms with van der Waals surface area (Å²) in [5, 5.41) is 17.7. The van der Waals surface area contributed by atoms with E-state index in [0.29, 0.717) is 19.5 Å². The maximum atomic E-state index is 12.1. The summed E-state index contributed by atoms with van der Waals surface area (Å²) in [6, 6.07) is 1.93. The smallest absolute Gasteiger partial charge is 0.241 e. The van der Waals surface area contributed by atoms with Gasteiger partial charge in [0.05, 0.1) is 11.9 Å². The Hall–Kier alpha value is -2.48. The standard InChI is InChI=1S/C16H22N6O2/c1-12-7-13(2)22(20-12)9-15(23)19-10-16(24)3-6-21(11-16)14-8-17-4-5-18-14/h4-5,7-8,24H,3,6,9-11H2,1-2H3,(H,19,23)/t16-/m1/s1. The topological polar surface area (TPSA) is 96.2 Å². The number of anilines is 1. The summed E-state index contributed by atoms with van der Waals surface area (Å²) >= 11 is 0. The number of hydrogen-bond donors (Lipinski definition) is 2. The van der Waals surface area contributed by atoms with Crippen molar-refractivity contribution in [1.29, 1.82) is 0 Å². The Labute approximate surface area is 140 Å². The molecule has 2 aromatic rings. The van der Waals surface area contributed by atoms with Gasteiger partial charge in [0.1, 0.15) is 18.0 Å². The fourth-order valence-electron chi connectivity index (χ4n) is 2.94. The van der Waals surface area contributed by atoms with Gasteiger partial charge in [0.2, 0.25) is 5.91 Å². The SMILES string of the molecule is Cc1cc(C)n(CC(=O)NC[C@]2(O)CCN(c3cnccn3)C2)n1. The lowest BCUT2D eigenvalue weighted by Gasteiger charge is -2.24. The van der Waals surface area contributed by atoms with E-state index in [1.54, 1.807) is 23.3 Å². The van der Waals surface area contributed by atoms with Crippen LogP contribution in [0.5, 0.6) is 0 Å². The zero-order chi connectivity index (χ0) is 17.2. The fourth-order valence-corrected chi connectivity index (χ4v) is 2.94. The first-order valence-corrected chi connectivity index (χ1v) is 7.96. The highest BCUT2D eigenvalue weighted by Gasteiger charge is 2.37. The highest BCUT2D eigenvalue weighted by atomic mass is 16.3. The van der Waals surface area contributed by atoms with Crippen molar-refractivity contribution in [3.8, 4) is 0 Å². The lowest BCUT2D eigenvalue weighted by atomic mass is 10.0. The molecule has 2 aromatic heterocycles. The summed E-state index contributed by atoms with van der Waals surface area (Å²) in [5.41, 5.74) is 0.868. The first-order chi connectivity index (χ1) is 11.5. The average molecular weight is 330 g/mol. The summed E-state index contributed by atoms with van der Waals surface area (Å²) < 4.78 is 1.66. The van der Waals surface area contributed by atoms with Gasteiger partial charge in [-0.2, -0.15) is 5.10 Å². The van der Waals surface area contributed by atoms with Crippen LogP contribution in [0.15, 0.2) is 24.7 Å². The lowest BCUT2D eigenvalue weighted by Crippen LogP contribution is -2.46. The molecule has 0 aromatic carbocycles. The van der Waals surface area contributed by atoms with Crippen molar-refractivity contribution >= 4 is 11.7 Å². The van der Waals surface area contributed by atoms with Crippen LogP contribution >= 0.6 is 0 Å². The van der Waals surface area contributed by atoms with Crippen molar-refractivity contribution in [2.75, 3.05) is 24.5 Å². The van der Waals surface area contributed by atoms with Crippen molar-refractivity contribution < 1.29 is 9.90 Å². The molecular weight excluding hydrogens is 308 g/mol. The summed E-state index contributed by atoms with van der Waals surface area (Å²) in [6.45, 7) is 5.28. The van der Waals surface area contributed by atoms with Gasteiger partial charge in [-0.05, 0) is 26.3 Å². The third-order valence-corrected chi connectivity index (χ3v) is 4.22. The molecule has 1 atom stereocenters. The summed E-state index contributed by atoms with van der Waals surface area (Å²) in [7, 11) is 0. The minimum Gasteiger partial charge on any atom is -0.386 e. The molecule has 1 amide bonds. The molecule has 0 unspecified atom stereocenters. The van der Waals surface area contributed by atoms with Gasteiger partial charge < -0.3 is 15.3 Å². The molecule has 1 fully saturated rings. The van der Waals surface area contributed by atoms with Crippen LogP contribution < -0.4 is 10.2 Å². The van der Waals surface area contributed by atoms with E-state index >= 15 is 0 Å². The zero-order valence-corrected chi connectivity index (χ0v) is 13.9. The third-order valence-electron chi connectivity index (χ3n) is 4.22. The molecular formula is C16H22N6O2.